The highest BCUT2D eigenvalue weighted by atomic mass is 16.6. The van der Waals surface area contributed by atoms with Crippen molar-refractivity contribution in [1.29, 1.82) is 0 Å². The molecule has 1 aliphatic carbocycles. The van der Waals surface area contributed by atoms with Crippen molar-refractivity contribution in [2.45, 2.75) is 38.5 Å². The van der Waals surface area contributed by atoms with Gasteiger partial charge in [-0.2, -0.15) is 0 Å². The van der Waals surface area contributed by atoms with Gasteiger partial charge in [-0.05, 0) is 41.7 Å². The van der Waals surface area contributed by atoms with E-state index in [1.54, 1.807) is 11.0 Å². The van der Waals surface area contributed by atoms with E-state index in [4.69, 9.17) is 0 Å². The number of hydrogen-bond donors (Lipinski definition) is 0. The van der Waals surface area contributed by atoms with Gasteiger partial charge in [0.05, 0.1) is 10.6 Å². The molecule has 0 radical (unpaired) electrons. The van der Waals surface area contributed by atoms with E-state index in [2.05, 4.69) is 0 Å². The number of carbonyl (C=O) groups is 2. The largest absolute Gasteiger partial charge is 0.294 e. The zero-order valence-corrected chi connectivity index (χ0v) is 17.7. The van der Waals surface area contributed by atoms with Crippen LogP contribution >= 0.6 is 0 Å². The number of aryl methyl sites for hydroxylation is 1. The number of carbonyl (C=O) groups excluding carboxylic acids is 2. The number of benzene rings is 3. The van der Waals surface area contributed by atoms with E-state index in [1.807, 2.05) is 49.4 Å². The minimum atomic E-state index is -0.461. The van der Waals surface area contributed by atoms with Gasteiger partial charge >= 0.3 is 0 Å². The second kappa shape index (κ2) is 7.71. The second-order valence-electron chi connectivity index (χ2n) is 8.42. The zero-order valence-electron chi connectivity index (χ0n) is 17.7. The minimum absolute atomic E-state index is 0.0600. The van der Waals surface area contributed by atoms with E-state index >= 15 is 0 Å². The third-order valence-corrected chi connectivity index (χ3v) is 6.52. The van der Waals surface area contributed by atoms with Gasteiger partial charge in [0.2, 0.25) is 5.91 Å². The lowest BCUT2D eigenvalue weighted by Crippen LogP contribution is -2.41. The zero-order chi connectivity index (χ0) is 22.4. The average Bonchev–Trinajstić information content (AvgIpc) is 2.79. The fourth-order valence-corrected chi connectivity index (χ4v) is 5.04. The third kappa shape index (κ3) is 3.19. The number of amides is 1. The van der Waals surface area contributed by atoms with Crippen LogP contribution in [0, 0.1) is 17.0 Å². The first kappa shape index (κ1) is 20.1. The Hall–Kier alpha value is -3.80. The predicted octanol–water partition coefficient (Wildman–Crippen LogP) is 5.58. The van der Waals surface area contributed by atoms with Gasteiger partial charge in [0, 0.05) is 42.2 Å². The number of hydrogen-bond acceptors (Lipinski definition) is 4. The van der Waals surface area contributed by atoms with Crippen molar-refractivity contribution < 1.29 is 14.5 Å². The highest BCUT2D eigenvalue weighted by molar-refractivity contribution is 6.08. The van der Waals surface area contributed by atoms with Crippen molar-refractivity contribution in [1.82, 2.24) is 0 Å². The van der Waals surface area contributed by atoms with Crippen molar-refractivity contribution in [2.75, 3.05) is 4.90 Å². The van der Waals surface area contributed by atoms with Crippen LogP contribution in [0.1, 0.15) is 42.7 Å². The van der Waals surface area contributed by atoms with E-state index in [0.29, 0.717) is 36.2 Å². The molecule has 2 aliphatic rings. The second-order valence-corrected chi connectivity index (χ2v) is 8.42. The first-order valence-corrected chi connectivity index (χ1v) is 10.8. The van der Waals surface area contributed by atoms with Crippen LogP contribution in [0.5, 0.6) is 0 Å². The summed E-state index contributed by atoms with van der Waals surface area (Å²) in [7, 11) is 0. The minimum Gasteiger partial charge on any atom is -0.294 e. The molecule has 1 atom stereocenters. The van der Waals surface area contributed by atoms with Crippen molar-refractivity contribution in [3.63, 3.8) is 0 Å². The van der Waals surface area contributed by atoms with Gasteiger partial charge in [0.15, 0.2) is 5.78 Å². The van der Waals surface area contributed by atoms with Gasteiger partial charge < -0.3 is 0 Å². The molecule has 0 spiro atoms. The molecule has 1 amide bonds. The fraction of sp³-hybridized carbons (Fsp3) is 0.231. The maximum atomic E-state index is 13.5. The molecular weight excluding hydrogens is 404 g/mol. The smallest absolute Gasteiger partial charge is 0.271 e. The average molecular weight is 426 g/mol. The van der Waals surface area contributed by atoms with Crippen molar-refractivity contribution in [3.8, 4) is 0 Å². The lowest BCUT2D eigenvalue weighted by Gasteiger charge is -2.39. The Morgan fingerprint density at radius 2 is 1.78 bits per heavy atom. The molecule has 0 bridgehead atoms. The van der Waals surface area contributed by atoms with Gasteiger partial charge in [-0.1, -0.05) is 48.5 Å². The predicted molar refractivity (Wildman–Crippen MR) is 123 cm³/mol. The normalized spacial score (nSPS) is 18.8. The molecule has 5 rings (SSSR count). The Morgan fingerprint density at radius 1 is 1.00 bits per heavy atom. The van der Waals surface area contributed by atoms with Crippen LogP contribution in [0.2, 0.25) is 0 Å². The highest BCUT2D eigenvalue weighted by Gasteiger charge is 2.40. The number of Topliss-reactive ketones (excluding diaryl/α,β-unsaturated/α-hetero) is 1. The van der Waals surface area contributed by atoms with E-state index in [1.165, 1.54) is 12.1 Å². The molecule has 160 valence electrons. The number of nitro groups is 1. The Kier molecular flexibility index (Phi) is 4.85. The number of fused-ring (bicyclic) bond motifs is 1. The summed E-state index contributed by atoms with van der Waals surface area (Å²) in [5.41, 5.74) is 3.53. The number of allylic oxidation sites excluding steroid dienone is 2. The van der Waals surface area contributed by atoms with Crippen molar-refractivity contribution in [3.05, 3.63) is 93.2 Å². The Bertz CT molecular complexity index is 1320. The highest BCUT2D eigenvalue weighted by Crippen LogP contribution is 2.45. The number of anilines is 1. The van der Waals surface area contributed by atoms with Gasteiger partial charge in [-0.25, -0.2) is 0 Å². The number of non-ortho nitro benzene ring substituents is 1. The topological polar surface area (TPSA) is 80.5 Å². The summed E-state index contributed by atoms with van der Waals surface area (Å²) in [4.78, 5) is 39.2. The van der Waals surface area contributed by atoms with Crippen molar-refractivity contribution in [2.24, 2.45) is 0 Å². The summed E-state index contributed by atoms with van der Waals surface area (Å²) in [6, 6.07) is 18.5. The van der Waals surface area contributed by atoms with Crippen LogP contribution in [0.25, 0.3) is 10.8 Å². The monoisotopic (exact) mass is 426 g/mol. The number of ketones is 1. The van der Waals surface area contributed by atoms with Crippen LogP contribution in [-0.4, -0.2) is 16.6 Å². The van der Waals surface area contributed by atoms with E-state index in [-0.39, 0.29) is 29.7 Å². The molecule has 0 aromatic heterocycles. The first-order valence-electron chi connectivity index (χ1n) is 10.8. The molecule has 1 aliphatic heterocycles. The summed E-state index contributed by atoms with van der Waals surface area (Å²) in [5.74, 6) is -0.392. The molecule has 6 heteroatoms. The fourth-order valence-electron chi connectivity index (χ4n) is 5.04. The maximum Gasteiger partial charge on any atom is 0.271 e. The van der Waals surface area contributed by atoms with Crippen LogP contribution in [-0.2, 0) is 9.59 Å². The molecule has 3 aromatic rings. The lowest BCUT2D eigenvalue weighted by molar-refractivity contribution is -0.384. The molecule has 32 heavy (non-hydrogen) atoms. The van der Waals surface area contributed by atoms with E-state index in [0.717, 1.165) is 21.9 Å². The Labute approximate surface area is 185 Å². The molecule has 1 unspecified atom stereocenters. The summed E-state index contributed by atoms with van der Waals surface area (Å²) < 4.78 is 0. The molecule has 0 fully saturated rings. The van der Waals surface area contributed by atoms with Crippen LogP contribution in [0.4, 0.5) is 11.4 Å². The lowest BCUT2D eigenvalue weighted by atomic mass is 9.76. The molecular formula is C26H22N2O4. The van der Waals surface area contributed by atoms with Crippen molar-refractivity contribution >= 4 is 33.8 Å². The van der Waals surface area contributed by atoms with Gasteiger partial charge in [-0.3, -0.25) is 24.6 Å². The van der Waals surface area contributed by atoms with E-state index in [9.17, 15) is 19.7 Å². The standard InChI is InChI=1S/C26H22N2O4/c1-16-12-13-18(28(31)32)14-23(16)27-22-10-5-11-24(29)26(22)21(15-25(27)30)20-9-4-7-17-6-2-3-8-19(17)20/h2-4,6-9,12-14,21H,5,10-11,15H2,1H3. The Balaban J connectivity index is 1.72. The maximum absolute atomic E-state index is 13.5. The SMILES string of the molecule is Cc1ccc([N+](=O)[O-])cc1N1C(=O)CC(c2cccc3ccccc23)C2=C1CCCC2=O. The van der Waals surface area contributed by atoms with Crippen LogP contribution in [0.15, 0.2) is 71.9 Å². The molecule has 0 saturated carbocycles. The van der Waals surface area contributed by atoms with Crippen LogP contribution < -0.4 is 4.90 Å². The summed E-state index contributed by atoms with van der Waals surface area (Å²) >= 11 is 0. The number of rotatable bonds is 3. The number of nitro benzene ring substituents is 1. The summed E-state index contributed by atoms with van der Waals surface area (Å²) in [6.45, 7) is 1.83. The first-order chi connectivity index (χ1) is 15.5. The van der Waals surface area contributed by atoms with Gasteiger partial charge in [0.1, 0.15) is 0 Å². The van der Waals surface area contributed by atoms with Crippen LogP contribution in [0.3, 0.4) is 0 Å². The third-order valence-electron chi connectivity index (χ3n) is 6.52. The summed E-state index contributed by atoms with van der Waals surface area (Å²) in [6.07, 6.45) is 1.87. The Morgan fingerprint density at radius 3 is 2.59 bits per heavy atom. The van der Waals surface area contributed by atoms with Gasteiger partial charge in [0.25, 0.3) is 5.69 Å². The molecule has 6 nitrogen and oxygen atoms in total. The molecule has 0 N–H and O–H groups in total. The molecule has 0 saturated heterocycles. The summed E-state index contributed by atoms with van der Waals surface area (Å²) in [5, 5.41) is 13.5. The molecule has 1 heterocycles. The quantitative estimate of drug-likeness (QED) is 0.404. The van der Waals surface area contributed by atoms with Gasteiger partial charge in [-0.15, -0.1) is 0 Å². The van der Waals surface area contributed by atoms with E-state index < -0.39 is 4.92 Å². The molecule has 3 aromatic carbocycles. The number of nitrogens with zero attached hydrogens (tertiary/aromatic N) is 2.